The van der Waals surface area contributed by atoms with Crippen LogP contribution in [0.2, 0.25) is 0 Å². The third kappa shape index (κ3) is 10.7. The van der Waals surface area contributed by atoms with Gasteiger partial charge < -0.3 is 15.4 Å². The number of para-hydroxylation sites is 1. The maximum absolute atomic E-state index is 12.3. The fraction of sp³-hybridized carbons (Fsp3) is 0.448. The van der Waals surface area contributed by atoms with Gasteiger partial charge in [0, 0.05) is 29.9 Å². The Morgan fingerprint density at radius 3 is 2.38 bits per heavy atom. The fourth-order valence-corrected chi connectivity index (χ4v) is 3.89. The minimum absolute atomic E-state index is 0.187. The number of carboxylic acids is 1. The summed E-state index contributed by atoms with van der Waals surface area (Å²) in [5.74, 6) is -1.19. The van der Waals surface area contributed by atoms with Gasteiger partial charge in [0.15, 0.2) is 0 Å². The lowest BCUT2D eigenvalue weighted by Gasteiger charge is -2.14. The van der Waals surface area contributed by atoms with Gasteiger partial charge in [-0.15, -0.1) is 0 Å². The Labute approximate surface area is 204 Å². The number of carbonyl (C=O) groups is 2. The van der Waals surface area contributed by atoms with Crippen molar-refractivity contribution in [3.63, 3.8) is 0 Å². The van der Waals surface area contributed by atoms with Gasteiger partial charge in [0.05, 0.1) is 0 Å². The molecule has 1 unspecified atom stereocenters. The summed E-state index contributed by atoms with van der Waals surface area (Å²) in [4.78, 5) is 27.1. The first-order valence-corrected chi connectivity index (χ1v) is 12.6. The van der Waals surface area contributed by atoms with E-state index >= 15 is 0 Å². The molecule has 0 saturated heterocycles. The average Bonchev–Trinajstić information content (AvgIpc) is 3.24. The van der Waals surface area contributed by atoms with Crippen LogP contribution in [0.15, 0.2) is 66.9 Å². The first-order valence-electron chi connectivity index (χ1n) is 12.6. The molecule has 2 aromatic rings. The van der Waals surface area contributed by atoms with Crippen LogP contribution in [0.1, 0.15) is 76.7 Å². The Balaban J connectivity index is 1.55. The van der Waals surface area contributed by atoms with Gasteiger partial charge in [-0.1, -0.05) is 80.8 Å². The van der Waals surface area contributed by atoms with Crippen molar-refractivity contribution in [2.75, 3.05) is 0 Å². The van der Waals surface area contributed by atoms with Crippen molar-refractivity contribution >= 4 is 22.8 Å². The number of aromatic amines is 1. The maximum Gasteiger partial charge on any atom is 0.326 e. The number of hydrogen-bond donors (Lipinski definition) is 3. The van der Waals surface area contributed by atoms with Crippen LogP contribution in [0, 0.1) is 0 Å². The average molecular weight is 465 g/mol. The van der Waals surface area contributed by atoms with E-state index in [1.807, 2.05) is 30.5 Å². The summed E-state index contributed by atoms with van der Waals surface area (Å²) in [6.07, 6.45) is 25.1. The Hall–Kier alpha value is -3.08. The lowest BCUT2D eigenvalue weighted by Crippen LogP contribution is -2.42. The molecule has 2 rings (SSSR count). The highest BCUT2D eigenvalue weighted by Crippen LogP contribution is 2.19. The summed E-state index contributed by atoms with van der Waals surface area (Å²) in [6.45, 7) is 2.14. The van der Waals surface area contributed by atoms with E-state index in [-0.39, 0.29) is 12.3 Å². The number of fused-ring (bicyclic) bond motifs is 1. The van der Waals surface area contributed by atoms with Gasteiger partial charge >= 0.3 is 5.97 Å². The maximum atomic E-state index is 12.3. The summed E-state index contributed by atoms with van der Waals surface area (Å²) in [5.41, 5.74) is 1.87. The smallest absolute Gasteiger partial charge is 0.326 e. The van der Waals surface area contributed by atoms with Crippen LogP contribution < -0.4 is 5.32 Å². The standard InChI is InChI=1S/C29H40N2O3/c1-2-3-4-5-6-7-8-9-10-11-12-13-14-15-16-21-28(32)31-27(29(33)34)22-24-23-30-26-20-18-17-19-25(24)26/h3-4,6-7,9-10,17-20,23,27,30H,2,5,8,11-16,21-22H2,1H3,(H,31,32)(H,33,34). The molecule has 0 aliphatic carbocycles. The van der Waals surface area contributed by atoms with E-state index in [9.17, 15) is 14.7 Å². The second kappa shape index (κ2) is 16.5. The number of rotatable bonds is 17. The zero-order valence-corrected chi connectivity index (χ0v) is 20.5. The molecule has 0 radical (unpaired) electrons. The number of benzene rings is 1. The monoisotopic (exact) mass is 464 g/mol. The quantitative estimate of drug-likeness (QED) is 0.176. The Kier molecular flexibility index (Phi) is 13.2. The molecule has 5 nitrogen and oxygen atoms in total. The SMILES string of the molecule is CCC=CCC=CCC=CCCCCCCCC(=O)NC(Cc1c[nH]c2ccccc12)C(=O)O. The minimum Gasteiger partial charge on any atom is -0.480 e. The summed E-state index contributed by atoms with van der Waals surface area (Å²) < 4.78 is 0. The molecule has 5 heteroatoms. The zero-order chi connectivity index (χ0) is 24.4. The molecule has 1 heterocycles. The van der Waals surface area contributed by atoms with Crippen molar-refractivity contribution in [2.24, 2.45) is 0 Å². The molecule has 0 fully saturated rings. The van der Waals surface area contributed by atoms with Crippen molar-refractivity contribution < 1.29 is 14.7 Å². The highest BCUT2D eigenvalue weighted by atomic mass is 16.4. The number of carbonyl (C=O) groups excluding carboxylic acids is 1. The molecule has 0 aliphatic heterocycles. The van der Waals surface area contributed by atoms with Gasteiger partial charge in [-0.2, -0.15) is 0 Å². The molecule has 0 aliphatic rings. The van der Waals surface area contributed by atoms with E-state index in [0.717, 1.165) is 74.3 Å². The number of allylic oxidation sites excluding steroid dienone is 6. The third-order valence-corrected chi connectivity index (χ3v) is 5.79. The lowest BCUT2D eigenvalue weighted by molar-refractivity contribution is -0.141. The molecule has 0 bridgehead atoms. The zero-order valence-electron chi connectivity index (χ0n) is 20.5. The molecular weight excluding hydrogens is 424 g/mol. The van der Waals surface area contributed by atoms with E-state index in [1.165, 1.54) is 0 Å². The first kappa shape index (κ1) is 27.2. The highest BCUT2D eigenvalue weighted by molar-refractivity contribution is 5.86. The van der Waals surface area contributed by atoms with Crippen molar-refractivity contribution in [1.29, 1.82) is 0 Å². The van der Waals surface area contributed by atoms with Crippen molar-refractivity contribution in [3.05, 3.63) is 72.5 Å². The van der Waals surface area contributed by atoms with Crippen LogP contribution >= 0.6 is 0 Å². The van der Waals surface area contributed by atoms with Gasteiger partial charge in [0.1, 0.15) is 6.04 Å². The molecule has 34 heavy (non-hydrogen) atoms. The van der Waals surface area contributed by atoms with Crippen molar-refractivity contribution in [3.8, 4) is 0 Å². The minimum atomic E-state index is -1.00. The van der Waals surface area contributed by atoms with Gasteiger partial charge in [-0.25, -0.2) is 4.79 Å². The molecule has 184 valence electrons. The molecule has 1 amide bonds. The Morgan fingerprint density at radius 1 is 0.941 bits per heavy atom. The molecule has 1 atom stereocenters. The van der Waals surface area contributed by atoms with E-state index in [2.05, 4.69) is 53.7 Å². The molecule has 1 aromatic heterocycles. The normalized spacial score (nSPS) is 12.9. The van der Waals surface area contributed by atoms with Crippen LogP contribution in [0.3, 0.4) is 0 Å². The Morgan fingerprint density at radius 2 is 1.62 bits per heavy atom. The molecule has 1 aromatic carbocycles. The lowest BCUT2D eigenvalue weighted by atomic mass is 10.0. The van der Waals surface area contributed by atoms with Gasteiger partial charge in [0.2, 0.25) is 5.91 Å². The molecule has 3 N–H and O–H groups in total. The second-order valence-corrected chi connectivity index (χ2v) is 8.62. The van der Waals surface area contributed by atoms with E-state index < -0.39 is 12.0 Å². The van der Waals surface area contributed by atoms with Crippen LogP contribution in [0.25, 0.3) is 10.9 Å². The van der Waals surface area contributed by atoms with E-state index in [0.29, 0.717) is 6.42 Å². The molecule has 0 saturated carbocycles. The van der Waals surface area contributed by atoms with E-state index in [4.69, 9.17) is 0 Å². The van der Waals surface area contributed by atoms with Crippen LogP contribution in [0.4, 0.5) is 0 Å². The van der Waals surface area contributed by atoms with E-state index in [1.54, 1.807) is 0 Å². The Bertz CT molecular complexity index is 955. The number of carboxylic acid groups (broad SMARTS) is 1. The summed E-state index contributed by atoms with van der Waals surface area (Å²) in [6, 6.07) is 6.86. The van der Waals surface area contributed by atoms with Crippen LogP contribution in [-0.4, -0.2) is 28.0 Å². The number of aromatic nitrogens is 1. The largest absolute Gasteiger partial charge is 0.480 e. The highest BCUT2D eigenvalue weighted by Gasteiger charge is 2.21. The van der Waals surface area contributed by atoms with Gasteiger partial charge in [-0.05, 0) is 50.2 Å². The number of amides is 1. The number of unbranched alkanes of at least 4 members (excludes halogenated alkanes) is 5. The third-order valence-electron chi connectivity index (χ3n) is 5.79. The predicted octanol–water partition coefficient (Wildman–Crippen LogP) is 6.87. The number of nitrogens with one attached hydrogen (secondary N) is 2. The fourth-order valence-electron chi connectivity index (χ4n) is 3.89. The van der Waals surface area contributed by atoms with Gasteiger partial charge in [-0.3, -0.25) is 4.79 Å². The summed E-state index contributed by atoms with van der Waals surface area (Å²) in [7, 11) is 0. The van der Waals surface area contributed by atoms with Crippen LogP contribution in [-0.2, 0) is 16.0 Å². The molecular formula is C29H40N2O3. The topological polar surface area (TPSA) is 82.2 Å². The number of aliphatic carboxylic acids is 1. The predicted molar refractivity (Wildman–Crippen MR) is 141 cm³/mol. The summed E-state index contributed by atoms with van der Waals surface area (Å²) in [5, 5.41) is 13.3. The van der Waals surface area contributed by atoms with Crippen LogP contribution in [0.5, 0.6) is 0 Å². The second-order valence-electron chi connectivity index (χ2n) is 8.62. The number of H-pyrrole nitrogens is 1. The van der Waals surface area contributed by atoms with Crippen molar-refractivity contribution in [2.45, 2.75) is 83.6 Å². The van der Waals surface area contributed by atoms with Gasteiger partial charge in [0.25, 0.3) is 0 Å². The van der Waals surface area contributed by atoms with Crippen molar-refractivity contribution in [1.82, 2.24) is 10.3 Å². The number of hydrogen-bond acceptors (Lipinski definition) is 2. The first-order chi connectivity index (χ1) is 16.6. The molecule has 0 spiro atoms. The summed E-state index contributed by atoms with van der Waals surface area (Å²) >= 11 is 0.